The monoisotopic (exact) mass is 392 g/mol. The van der Waals surface area contributed by atoms with Gasteiger partial charge in [0.05, 0.1) is 12.2 Å². The van der Waals surface area contributed by atoms with Gasteiger partial charge in [-0.2, -0.15) is 5.48 Å². The van der Waals surface area contributed by atoms with Crippen molar-refractivity contribution in [3.8, 4) is 0 Å². The van der Waals surface area contributed by atoms with Gasteiger partial charge in [0.25, 0.3) is 0 Å². The lowest BCUT2D eigenvalue weighted by Crippen LogP contribution is -2.48. The van der Waals surface area contributed by atoms with Crippen LogP contribution in [-0.4, -0.2) is 27.4 Å². The van der Waals surface area contributed by atoms with Crippen molar-refractivity contribution in [2.75, 3.05) is 0 Å². The second-order valence-electron chi connectivity index (χ2n) is 4.92. The molecule has 4 nitrogen and oxygen atoms in total. The molecule has 0 saturated carbocycles. The van der Waals surface area contributed by atoms with E-state index < -0.39 is 6.10 Å². The molecule has 4 N–H and O–H groups in total. The summed E-state index contributed by atoms with van der Waals surface area (Å²) in [6.45, 7) is 4.16. The number of halogens is 1. The maximum absolute atomic E-state index is 10.2. The van der Waals surface area contributed by atoms with Crippen LogP contribution >= 0.6 is 22.6 Å². The van der Waals surface area contributed by atoms with Crippen molar-refractivity contribution in [1.29, 1.82) is 0 Å². The number of nitrogens with one attached hydrogen (secondary N) is 1. The molecule has 3 atom stereocenters. The largest absolute Gasteiger partial charge is 0.389 e. The Balaban J connectivity index is 2.41. The Hall–Kier alpha value is -0.210. The van der Waals surface area contributed by atoms with Crippen LogP contribution in [0.1, 0.15) is 32.3 Å². The predicted molar refractivity (Wildman–Crippen MR) is 90.5 cm³/mol. The first-order valence-electron chi connectivity index (χ1n) is 7.11. The van der Waals surface area contributed by atoms with Gasteiger partial charge in [0.15, 0.2) is 0 Å². The molecule has 0 fully saturated rings. The van der Waals surface area contributed by atoms with Crippen LogP contribution in [0.5, 0.6) is 0 Å². The zero-order valence-electron chi connectivity index (χ0n) is 12.1. The zero-order valence-corrected chi connectivity index (χ0v) is 14.3. The van der Waals surface area contributed by atoms with Gasteiger partial charge < -0.3 is 10.8 Å². The summed E-state index contributed by atoms with van der Waals surface area (Å²) in [4.78, 5) is 5.55. The van der Waals surface area contributed by atoms with Crippen LogP contribution in [0.4, 0.5) is 0 Å². The first-order chi connectivity index (χ1) is 9.58. The number of benzene rings is 1. The number of aliphatic hydroxyl groups excluding tert-OH is 1. The van der Waals surface area contributed by atoms with Crippen molar-refractivity contribution in [3.05, 3.63) is 35.9 Å². The van der Waals surface area contributed by atoms with Gasteiger partial charge in [-0.05, 0) is 24.8 Å². The Bertz CT molecular complexity index is 360. The van der Waals surface area contributed by atoms with Crippen LogP contribution in [0.2, 0.25) is 0 Å². The van der Waals surface area contributed by atoms with E-state index in [9.17, 15) is 5.11 Å². The highest BCUT2D eigenvalue weighted by atomic mass is 127. The van der Waals surface area contributed by atoms with Gasteiger partial charge in [-0.1, -0.05) is 66.8 Å². The third kappa shape index (κ3) is 6.05. The van der Waals surface area contributed by atoms with Crippen molar-refractivity contribution in [2.24, 2.45) is 5.73 Å². The normalized spacial score (nSPS) is 16.1. The standard InChI is InChI=1S/C15H25IN2O2/c1-3-12(4-2)20-18-15(16)14(19)13(17)10-11-8-6-5-7-9-11/h5-9,12-15,18-19H,3-4,10,17H2,1-2H3/t13-,14+,15?/m0/s1. The molecule has 0 aliphatic heterocycles. The van der Waals surface area contributed by atoms with E-state index in [0.29, 0.717) is 6.42 Å². The quantitative estimate of drug-likeness (QED) is 0.261. The molecule has 0 saturated heterocycles. The molecule has 1 rings (SSSR count). The maximum atomic E-state index is 10.2. The van der Waals surface area contributed by atoms with Crippen LogP contribution in [0.15, 0.2) is 30.3 Å². The SMILES string of the molecule is CCC(CC)ONC(I)[C@H](O)[C@@H](N)Cc1ccccc1. The van der Waals surface area contributed by atoms with Crippen LogP contribution in [0.25, 0.3) is 0 Å². The summed E-state index contributed by atoms with van der Waals surface area (Å²) in [7, 11) is 0. The van der Waals surface area contributed by atoms with E-state index in [1.807, 2.05) is 30.3 Å². The van der Waals surface area contributed by atoms with Gasteiger partial charge in [0.1, 0.15) is 4.05 Å². The molecular weight excluding hydrogens is 367 g/mol. The fourth-order valence-corrected chi connectivity index (χ4v) is 2.59. The molecule has 1 aromatic carbocycles. The van der Waals surface area contributed by atoms with E-state index in [0.717, 1.165) is 18.4 Å². The second kappa shape index (κ2) is 9.68. The lowest BCUT2D eigenvalue weighted by Gasteiger charge is -2.26. The number of aliphatic hydroxyl groups is 1. The molecule has 1 unspecified atom stereocenters. The van der Waals surface area contributed by atoms with Crippen molar-refractivity contribution in [1.82, 2.24) is 5.48 Å². The minimum Gasteiger partial charge on any atom is -0.389 e. The summed E-state index contributed by atoms with van der Waals surface area (Å²) in [6.07, 6.45) is 2.04. The highest BCUT2D eigenvalue weighted by Crippen LogP contribution is 2.12. The summed E-state index contributed by atoms with van der Waals surface area (Å²) < 4.78 is -0.230. The minimum absolute atomic E-state index is 0.171. The Morgan fingerprint density at radius 3 is 2.40 bits per heavy atom. The predicted octanol–water partition coefficient (Wildman–Crippen LogP) is 2.39. The molecule has 0 aliphatic carbocycles. The molecule has 0 heterocycles. The summed E-state index contributed by atoms with van der Waals surface area (Å²) in [5, 5.41) is 10.2. The number of hydrogen-bond acceptors (Lipinski definition) is 4. The summed E-state index contributed by atoms with van der Waals surface area (Å²) in [5.41, 5.74) is 10.1. The summed E-state index contributed by atoms with van der Waals surface area (Å²) in [5.74, 6) is 0. The molecule has 1 aromatic rings. The second-order valence-corrected chi connectivity index (χ2v) is 6.26. The third-order valence-corrected chi connectivity index (χ3v) is 4.30. The van der Waals surface area contributed by atoms with Gasteiger partial charge in [-0.25, -0.2) is 0 Å². The van der Waals surface area contributed by atoms with Gasteiger partial charge >= 0.3 is 0 Å². The topological polar surface area (TPSA) is 67.5 Å². The van der Waals surface area contributed by atoms with E-state index in [1.54, 1.807) is 0 Å². The van der Waals surface area contributed by atoms with Crippen molar-refractivity contribution >= 4 is 22.6 Å². The van der Waals surface area contributed by atoms with Crippen molar-refractivity contribution in [3.63, 3.8) is 0 Å². The molecule has 0 bridgehead atoms. The van der Waals surface area contributed by atoms with E-state index in [4.69, 9.17) is 10.6 Å². The fourth-order valence-electron chi connectivity index (χ4n) is 1.91. The third-order valence-electron chi connectivity index (χ3n) is 3.31. The highest BCUT2D eigenvalue weighted by Gasteiger charge is 2.24. The molecule has 0 spiro atoms. The van der Waals surface area contributed by atoms with Crippen molar-refractivity contribution in [2.45, 2.75) is 55.4 Å². The first-order valence-corrected chi connectivity index (χ1v) is 8.35. The summed E-state index contributed by atoms with van der Waals surface area (Å²) in [6, 6.07) is 9.63. The highest BCUT2D eigenvalue weighted by molar-refractivity contribution is 14.1. The average molecular weight is 392 g/mol. The molecule has 5 heteroatoms. The van der Waals surface area contributed by atoms with Gasteiger partial charge in [0.2, 0.25) is 0 Å². The Morgan fingerprint density at radius 1 is 1.25 bits per heavy atom. The van der Waals surface area contributed by atoms with E-state index in [-0.39, 0.29) is 16.2 Å². The lowest BCUT2D eigenvalue weighted by atomic mass is 10.0. The van der Waals surface area contributed by atoms with E-state index in [2.05, 4.69) is 41.9 Å². The maximum Gasteiger partial charge on any atom is 0.111 e. The lowest BCUT2D eigenvalue weighted by molar-refractivity contribution is -0.0503. The number of nitrogens with two attached hydrogens (primary N) is 1. The van der Waals surface area contributed by atoms with Gasteiger partial charge in [0, 0.05) is 6.04 Å². The molecule has 0 amide bonds. The Kier molecular flexibility index (Phi) is 8.63. The average Bonchev–Trinajstić information content (AvgIpc) is 2.48. The van der Waals surface area contributed by atoms with Crippen LogP contribution in [0, 0.1) is 0 Å². The molecule has 0 aliphatic rings. The Morgan fingerprint density at radius 2 is 1.85 bits per heavy atom. The molecule has 114 valence electrons. The van der Waals surface area contributed by atoms with Gasteiger partial charge in [-0.15, -0.1) is 0 Å². The summed E-state index contributed by atoms with van der Waals surface area (Å²) >= 11 is 2.13. The Labute approximate surface area is 135 Å². The van der Waals surface area contributed by atoms with Crippen LogP contribution < -0.4 is 11.2 Å². The molecule has 0 aromatic heterocycles. The van der Waals surface area contributed by atoms with Crippen molar-refractivity contribution < 1.29 is 9.94 Å². The molecule has 20 heavy (non-hydrogen) atoms. The first kappa shape index (κ1) is 17.8. The zero-order chi connectivity index (χ0) is 15.0. The van der Waals surface area contributed by atoms with E-state index >= 15 is 0 Å². The van der Waals surface area contributed by atoms with Crippen LogP contribution in [0.3, 0.4) is 0 Å². The van der Waals surface area contributed by atoms with E-state index in [1.165, 1.54) is 0 Å². The number of rotatable bonds is 9. The number of hydroxylamine groups is 1. The smallest absolute Gasteiger partial charge is 0.111 e. The van der Waals surface area contributed by atoms with Crippen LogP contribution in [-0.2, 0) is 11.3 Å². The molecule has 0 radical (unpaired) electrons. The minimum atomic E-state index is -0.662. The molecular formula is C15H25IN2O2. The fraction of sp³-hybridized carbons (Fsp3) is 0.600. The van der Waals surface area contributed by atoms with Gasteiger partial charge in [-0.3, -0.25) is 4.84 Å². The number of hydrogen-bond donors (Lipinski definition) is 3. The number of alkyl halides is 1.